The van der Waals surface area contributed by atoms with Crippen LogP contribution in [-0.2, 0) is 15.6 Å². The lowest BCUT2D eigenvalue weighted by Gasteiger charge is -2.15. The molecule has 0 aliphatic carbocycles. The molecule has 0 spiro atoms. The summed E-state index contributed by atoms with van der Waals surface area (Å²) in [5.74, 6) is 0.660. The number of furan rings is 2. The van der Waals surface area contributed by atoms with Gasteiger partial charge in [0.25, 0.3) is 5.91 Å². The highest BCUT2D eigenvalue weighted by Crippen LogP contribution is 2.30. The van der Waals surface area contributed by atoms with Crippen molar-refractivity contribution in [3.63, 3.8) is 0 Å². The number of methoxy groups -OCH3 is 1. The lowest BCUT2D eigenvalue weighted by molar-refractivity contribution is 0.0764. The van der Waals surface area contributed by atoms with Crippen LogP contribution in [-0.4, -0.2) is 44.7 Å². The van der Waals surface area contributed by atoms with Crippen LogP contribution >= 0.6 is 0 Å². The number of rotatable bonds is 5. The molecule has 1 fully saturated rings. The van der Waals surface area contributed by atoms with Gasteiger partial charge in [0.2, 0.25) is 0 Å². The normalized spacial score (nSPS) is 17.5. The third kappa shape index (κ3) is 3.32. The highest BCUT2D eigenvalue weighted by atomic mass is 32.2. The van der Waals surface area contributed by atoms with Gasteiger partial charge in [0.1, 0.15) is 11.5 Å². The van der Waals surface area contributed by atoms with Gasteiger partial charge >= 0.3 is 0 Å². The maximum absolute atomic E-state index is 12.8. The fourth-order valence-electron chi connectivity index (χ4n) is 3.37. The molecule has 1 saturated heterocycles. The molecule has 1 aliphatic rings. The Balaban J connectivity index is 1.51. The molecule has 4 rings (SSSR count). The van der Waals surface area contributed by atoms with Crippen molar-refractivity contribution in [2.75, 3.05) is 20.2 Å². The van der Waals surface area contributed by atoms with Gasteiger partial charge < -0.3 is 18.5 Å². The predicted octanol–water partition coefficient (Wildman–Crippen LogP) is 2.86. The van der Waals surface area contributed by atoms with E-state index in [9.17, 15) is 13.2 Å². The number of hydrogen-bond acceptors (Lipinski definition) is 6. The van der Waals surface area contributed by atoms with Gasteiger partial charge in [-0.3, -0.25) is 4.79 Å². The summed E-state index contributed by atoms with van der Waals surface area (Å²) < 4.78 is 41.3. The second kappa shape index (κ2) is 6.77. The number of para-hydroxylation sites is 1. The lowest BCUT2D eigenvalue weighted by Crippen LogP contribution is -2.32. The number of fused-ring (bicyclic) bond motifs is 1. The summed E-state index contributed by atoms with van der Waals surface area (Å²) in [7, 11) is -1.87. The highest BCUT2D eigenvalue weighted by Gasteiger charge is 2.36. The van der Waals surface area contributed by atoms with Crippen molar-refractivity contribution in [1.82, 2.24) is 4.90 Å². The first-order valence-electron chi connectivity index (χ1n) is 8.58. The lowest BCUT2D eigenvalue weighted by atomic mass is 10.2. The van der Waals surface area contributed by atoms with Crippen LogP contribution in [0.25, 0.3) is 11.0 Å². The van der Waals surface area contributed by atoms with Crippen molar-refractivity contribution in [3.05, 3.63) is 54.2 Å². The topological polar surface area (TPSA) is 90.0 Å². The van der Waals surface area contributed by atoms with Crippen LogP contribution in [0.4, 0.5) is 0 Å². The molecule has 1 aromatic carbocycles. The van der Waals surface area contributed by atoms with Crippen molar-refractivity contribution >= 4 is 26.7 Å². The van der Waals surface area contributed by atoms with Crippen LogP contribution in [0, 0.1) is 0 Å². The smallest absolute Gasteiger partial charge is 0.289 e. The molecule has 0 bridgehead atoms. The van der Waals surface area contributed by atoms with Crippen LogP contribution in [0.5, 0.6) is 5.75 Å². The van der Waals surface area contributed by atoms with Crippen molar-refractivity contribution < 1.29 is 26.8 Å². The zero-order valence-electron chi connectivity index (χ0n) is 14.8. The molecule has 1 aliphatic heterocycles. The number of hydrogen-bond donors (Lipinski definition) is 0. The number of likely N-dealkylation sites (tertiary alicyclic amines) is 1. The Kier molecular flexibility index (Phi) is 4.43. The molecule has 0 unspecified atom stereocenters. The molecular formula is C19H19NO6S. The third-order valence-corrected chi connectivity index (χ3v) is 6.89. The maximum Gasteiger partial charge on any atom is 0.289 e. The molecule has 1 atom stereocenters. The number of sulfone groups is 1. The highest BCUT2D eigenvalue weighted by molar-refractivity contribution is 7.91. The number of amides is 1. The van der Waals surface area contributed by atoms with Gasteiger partial charge in [-0.05, 0) is 30.7 Å². The molecule has 2 aromatic heterocycles. The van der Waals surface area contributed by atoms with Crippen molar-refractivity contribution in [1.29, 1.82) is 0 Å². The van der Waals surface area contributed by atoms with E-state index in [1.807, 2.05) is 12.1 Å². The molecule has 1 amide bonds. The van der Waals surface area contributed by atoms with E-state index in [1.54, 1.807) is 24.3 Å². The Bertz CT molecular complexity index is 1070. The van der Waals surface area contributed by atoms with Crippen molar-refractivity contribution in [3.8, 4) is 5.75 Å². The number of carbonyl (C=O) groups excluding carboxylic acids is 1. The van der Waals surface area contributed by atoms with E-state index in [2.05, 4.69) is 0 Å². The van der Waals surface area contributed by atoms with Gasteiger partial charge in [-0.15, -0.1) is 0 Å². The van der Waals surface area contributed by atoms with Gasteiger partial charge in [-0.1, -0.05) is 12.1 Å². The Hall–Kier alpha value is -2.74. The van der Waals surface area contributed by atoms with E-state index in [1.165, 1.54) is 18.3 Å². The van der Waals surface area contributed by atoms with E-state index in [0.29, 0.717) is 30.1 Å². The van der Waals surface area contributed by atoms with E-state index in [4.69, 9.17) is 13.6 Å². The SMILES string of the molecule is COc1cccc2cc(C(=O)N3CC[C@H](S(=O)(=O)Cc4ccco4)C3)oc12. The molecule has 142 valence electrons. The number of ether oxygens (including phenoxy) is 1. The molecular weight excluding hydrogens is 370 g/mol. The van der Waals surface area contributed by atoms with Gasteiger partial charge in [0.05, 0.1) is 18.6 Å². The zero-order chi connectivity index (χ0) is 19.0. The van der Waals surface area contributed by atoms with Crippen LogP contribution < -0.4 is 4.74 Å². The van der Waals surface area contributed by atoms with Crippen LogP contribution in [0.15, 0.2) is 51.5 Å². The number of carbonyl (C=O) groups is 1. The molecule has 0 N–H and O–H groups in total. The van der Waals surface area contributed by atoms with Crippen LogP contribution in [0.1, 0.15) is 22.7 Å². The minimum absolute atomic E-state index is 0.149. The second-order valence-corrected chi connectivity index (χ2v) is 8.82. The Morgan fingerprint density at radius 1 is 1.30 bits per heavy atom. The van der Waals surface area contributed by atoms with Crippen LogP contribution in [0.3, 0.4) is 0 Å². The molecule has 8 heteroatoms. The van der Waals surface area contributed by atoms with E-state index >= 15 is 0 Å². The van der Waals surface area contributed by atoms with Gasteiger partial charge in [-0.2, -0.15) is 0 Å². The minimum Gasteiger partial charge on any atom is -0.493 e. The van der Waals surface area contributed by atoms with E-state index in [0.717, 1.165) is 5.39 Å². The van der Waals surface area contributed by atoms with Gasteiger partial charge in [0, 0.05) is 18.5 Å². The number of benzene rings is 1. The first-order chi connectivity index (χ1) is 13.0. The molecule has 0 radical (unpaired) electrons. The molecule has 7 nitrogen and oxygen atoms in total. The Morgan fingerprint density at radius 3 is 2.89 bits per heavy atom. The first-order valence-corrected chi connectivity index (χ1v) is 10.3. The molecule has 27 heavy (non-hydrogen) atoms. The second-order valence-electron chi connectivity index (χ2n) is 6.54. The molecule has 3 heterocycles. The predicted molar refractivity (Wildman–Crippen MR) is 98.4 cm³/mol. The summed E-state index contributed by atoms with van der Waals surface area (Å²) in [5.41, 5.74) is 0.504. The van der Waals surface area contributed by atoms with E-state index < -0.39 is 15.1 Å². The molecule has 3 aromatic rings. The summed E-state index contributed by atoms with van der Waals surface area (Å²) in [6.07, 6.45) is 1.85. The summed E-state index contributed by atoms with van der Waals surface area (Å²) in [5, 5.41) is 0.157. The van der Waals surface area contributed by atoms with Gasteiger partial charge in [0.15, 0.2) is 26.9 Å². The third-order valence-electron chi connectivity index (χ3n) is 4.80. The zero-order valence-corrected chi connectivity index (χ0v) is 15.6. The summed E-state index contributed by atoms with van der Waals surface area (Å²) in [4.78, 5) is 14.3. The monoisotopic (exact) mass is 389 g/mol. The number of nitrogens with zero attached hydrogens (tertiary/aromatic N) is 1. The summed E-state index contributed by atoms with van der Waals surface area (Å²) >= 11 is 0. The van der Waals surface area contributed by atoms with E-state index in [-0.39, 0.29) is 24.0 Å². The maximum atomic E-state index is 12.8. The minimum atomic E-state index is -3.41. The summed E-state index contributed by atoms with van der Waals surface area (Å²) in [6.45, 7) is 0.519. The van der Waals surface area contributed by atoms with Crippen molar-refractivity contribution in [2.24, 2.45) is 0 Å². The summed E-state index contributed by atoms with van der Waals surface area (Å²) in [6, 6.07) is 10.4. The fourth-order valence-corrected chi connectivity index (χ4v) is 5.04. The Labute approximate surface area is 156 Å². The van der Waals surface area contributed by atoms with Gasteiger partial charge in [-0.25, -0.2) is 8.42 Å². The van der Waals surface area contributed by atoms with Crippen LogP contribution in [0.2, 0.25) is 0 Å². The van der Waals surface area contributed by atoms with Crippen molar-refractivity contribution in [2.45, 2.75) is 17.4 Å². The standard InChI is InChI=1S/C19H19NO6S/c1-24-16-6-2-4-13-10-17(26-18(13)16)19(21)20-8-7-15(11-20)27(22,23)12-14-5-3-9-25-14/h2-6,9-10,15H,7-8,11-12H2,1H3/t15-/m0/s1. The average molecular weight is 389 g/mol. The average Bonchev–Trinajstić information content (AvgIpc) is 3.39. The fraction of sp³-hybridized carbons (Fsp3) is 0.316. The largest absolute Gasteiger partial charge is 0.493 e. The quantitative estimate of drug-likeness (QED) is 0.667. The molecule has 0 saturated carbocycles. The Morgan fingerprint density at radius 2 is 2.15 bits per heavy atom. The first kappa shape index (κ1) is 17.7.